The molecule has 0 aliphatic carbocycles. The summed E-state index contributed by atoms with van der Waals surface area (Å²) in [6, 6.07) is 12.2. The Morgan fingerprint density at radius 1 is 0.640 bits per heavy atom. The summed E-state index contributed by atoms with van der Waals surface area (Å²) in [6.07, 6.45) is 0. The number of fused-ring (bicyclic) bond motifs is 2. The first-order chi connectivity index (χ1) is 11.2. The van der Waals surface area contributed by atoms with E-state index in [0.717, 1.165) is 0 Å². The fourth-order valence-corrected chi connectivity index (χ4v) is 4.59. The molecule has 8 nitrogen and oxygen atoms in total. The molecule has 2 aromatic carbocycles. The Balaban J connectivity index is 0.000000451. The van der Waals surface area contributed by atoms with Gasteiger partial charge in [-0.1, -0.05) is 24.3 Å². The van der Waals surface area contributed by atoms with Crippen LogP contribution < -0.4 is 9.44 Å². The average molecular weight is 408 g/mol. The molecule has 2 N–H and O–H groups in total. The summed E-state index contributed by atoms with van der Waals surface area (Å²) in [5.41, 5.74) is 0.440. The summed E-state index contributed by atoms with van der Waals surface area (Å²) < 4.78 is 48.3. The molecule has 0 radical (unpaired) electrons. The predicted molar refractivity (Wildman–Crippen MR) is 90.2 cm³/mol. The molecule has 0 atom stereocenters. The van der Waals surface area contributed by atoms with Crippen LogP contribution in [0.25, 0.3) is 0 Å². The van der Waals surface area contributed by atoms with E-state index in [1.54, 1.807) is 24.3 Å². The van der Waals surface area contributed by atoms with E-state index in [-0.39, 0.29) is 61.5 Å². The van der Waals surface area contributed by atoms with E-state index in [1.807, 2.05) is 9.44 Å². The van der Waals surface area contributed by atoms with Crippen molar-refractivity contribution in [3.8, 4) is 0 Å². The Bertz CT molecular complexity index is 1000. The Hall–Kier alpha value is -1.46. The summed E-state index contributed by atoms with van der Waals surface area (Å²) in [5, 5.41) is 0. The summed E-state index contributed by atoms with van der Waals surface area (Å²) >= 11 is 0. The third-order valence-electron chi connectivity index (χ3n) is 3.30. The van der Waals surface area contributed by atoms with Gasteiger partial charge in [0.2, 0.25) is 0 Å². The van der Waals surface area contributed by atoms with Crippen LogP contribution in [0.15, 0.2) is 58.3 Å². The number of hydrogen-bond donors (Lipinski definition) is 2. The van der Waals surface area contributed by atoms with Crippen LogP contribution in [-0.4, -0.2) is 66.4 Å². The molecule has 128 valence electrons. The fourth-order valence-electron chi connectivity index (χ4n) is 2.24. The Morgan fingerprint density at radius 2 is 0.960 bits per heavy atom. The predicted octanol–water partition coefficient (Wildman–Crippen LogP) is 0.0816. The van der Waals surface area contributed by atoms with Crippen molar-refractivity contribution in [2.45, 2.75) is 9.79 Å². The molecule has 0 fully saturated rings. The molecule has 2 aliphatic heterocycles. The maximum absolute atomic E-state index is 11.1. The molecule has 4 rings (SSSR count). The molecular formula is C14H12CaN2O6S2. The number of benzene rings is 2. The van der Waals surface area contributed by atoms with Crippen molar-refractivity contribution in [1.82, 2.24) is 9.44 Å². The van der Waals surface area contributed by atoms with Gasteiger partial charge in [-0.05, 0) is 24.3 Å². The van der Waals surface area contributed by atoms with Gasteiger partial charge in [-0.3, -0.25) is 9.59 Å². The van der Waals surface area contributed by atoms with Gasteiger partial charge in [0.05, 0.1) is 11.1 Å². The first-order valence-corrected chi connectivity index (χ1v) is 9.51. The van der Waals surface area contributed by atoms with Crippen molar-refractivity contribution in [2.24, 2.45) is 0 Å². The molecule has 0 saturated carbocycles. The van der Waals surface area contributed by atoms with Crippen LogP contribution in [0.2, 0.25) is 0 Å². The van der Waals surface area contributed by atoms with Crippen molar-refractivity contribution in [1.29, 1.82) is 0 Å². The SMILES string of the molecule is O=C1NS(=O)(=O)c2ccccc21.O=C1NS(=O)(=O)c2ccccc21.[Ca+2].[H-].[H-]. The first kappa shape index (κ1) is 19.9. The molecule has 25 heavy (non-hydrogen) atoms. The molecule has 0 spiro atoms. The maximum Gasteiger partial charge on any atom is 2.00 e. The third-order valence-corrected chi connectivity index (χ3v) is 6.07. The van der Waals surface area contributed by atoms with Gasteiger partial charge in [0, 0.05) is 0 Å². The molecule has 0 aromatic heterocycles. The van der Waals surface area contributed by atoms with E-state index in [4.69, 9.17) is 0 Å². The van der Waals surface area contributed by atoms with E-state index in [9.17, 15) is 26.4 Å². The number of nitrogens with one attached hydrogen (secondary N) is 2. The second kappa shape index (κ2) is 7.04. The number of carbonyl (C=O) groups is 2. The molecule has 2 aromatic rings. The number of hydrogen-bond acceptors (Lipinski definition) is 6. The normalized spacial score (nSPS) is 17.8. The van der Waals surface area contributed by atoms with Gasteiger partial charge in [-0.15, -0.1) is 0 Å². The zero-order chi connectivity index (χ0) is 17.5. The Labute approximate surface area is 176 Å². The van der Waals surface area contributed by atoms with E-state index in [1.165, 1.54) is 24.3 Å². The molecule has 0 saturated heterocycles. The van der Waals surface area contributed by atoms with Gasteiger partial charge in [-0.2, -0.15) is 0 Å². The molecule has 0 unspecified atom stereocenters. The van der Waals surface area contributed by atoms with E-state index >= 15 is 0 Å². The maximum atomic E-state index is 11.1. The van der Waals surface area contributed by atoms with Gasteiger partial charge in [-0.25, -0.2) is 26.3 Å². The molecule has 2 heterocycles. The van der Waals surface area contributed by atoms with Crippen LogP contribution >= 0.6 is 0 Å². The van der Waals surface area contributed by atoms with E-state index in [2.05, 4.69) is 0 Å². The zero-order valence-electron chi connectivity index (χ0n) is 14.6. The standard InChI is InChI=1S/2C7H5NO3S.Ca.2H/c2*9-7-5-3-1-2-4-6(5)12(10,11)8-7;;;/h2*1-4H,(H,8,9);;;/q;;+2;2*-1. The molecule has 2 amide bonds. The fraction of sp³-hybridized carbons (Fsp3) is 0. The first-order valence-electron chi connectivity index (χ1n) is 6.55. The van der Waals surface area contributed by atoms with Gasteiger partial charge in [0.15, 0.2) is 0 Å². The number of rotatable bonds is 0. The van der Waals surface area contributed by atoms with E-state index in [0.29, 0.717) is 0 Å². The largest absolute Gasteiger partial charge is 2.00 e. The number of amides is 2. The smallest absolute Gasteiger partial charge is 1.00 e. The average Bonchev–Trinajstić information content (AvgIpc) is 2.91. The van der Waals surface area contributed by atoms with Crippen molar-refractivity contribution in [2.75, 3.05) is 0 Å². The van der Waals surface area contributed by atoms with Crippen molar-refractivity contribution in [3.63, 3.8) is 0 Å². The monoisotopic (exact) mass is 408 g/mol. The Morgan fingerprint density at radius 3 is 1.28 bits per heavy atom. The second-order valence-corrected chi connectivity index (χ2v) is 8.16. The van der Waals surface area contributed by atoms with Gasteiger partial charge >= 0.3 is 37.7 Å². The van der Waals surface area contributed by atoms with Crippen LogP contribution in [0.4, 0.5) is 0 Å². The summed E-state index contributed by atoms with van der Waals surface area (Å²) in [7, 11) is -7.11. The minimum Gasteiger partial charge on any atom is -1.00 e. The number of carbonyl (C=O) groups excluding carboxylic acids is 2. The van der Waals surface area contributed by atoms with Crippen LogP contribution in [0, 0.1) is 0 Å². The molecule has 0 bridgehead atoms. The second-order valence-electron chi connectivity index (χ2n) is 4.86. The zero-order valence-corrected chi connectivity index (χ0v) is 16.4. The van der Waals surface area contributed by atoms with Crippen molar-refractivity contribution >= 4 is 69.6 Å². The minimum absolute atomic E-state index is 0. The summed E-state index contributed by atoms with van der Waals surface area (Å²) in [6.45, 7) is 0. The van der Waals surface area contributed by atoms with Gasteiger partial charge in [0.1, 0.15) is 9.79 Å². The van der Waals surface area contributed by atoms with Gasteiger partial charge < -0.3 is 2.85 Å². The van der Waals surface area contributed by atoms with Crippen LogP contribution in [0.3, 0.4) is 0 Å². The minimum atomic E-state index is -3.55. The molecule has 2 aliphatic rings. The van der Waals surface area contributed by atoms with E-state index < -0.39 is 31.9 Å². The van der Waals surface area contributed by atoms with Crippen LogP contribution in [0.1, 0.15) is 23.6 Å². The van der Waals surface area contributed by atoms with Gasteiger partial charge in [0.25, 0.3) is 31.9 Å². The topological polar surface area (TPSA) is 126 Å². The summed E-state index contributed by atoms with van der Waals surface area (Å²) in [4.78, 5) is 22.1. The van der Waals surface area contributed by atoms with Crippen LogP contribution in [0.5, 0.6) is 0 Å². The van der Waals surface area contributed by atoms with Crippen molar-refractivity contribution < 1.29 is 29.3 Å². The van der Waals surface area contributed by atoms with Crippen molar-refractivity contribution in [3.05, 3.63) is 59.7 Å². The quantitative estimate of drug-likeness (QED) is 0.595. The molecule has 11 heteroatoms. The Kier molecular flexibility index (Phi) is 5.59. The van der Waals surface area contributed by atoms with Crippen LogP contribution in [-0.2, 0) is 20.0 Å². The summed E-state index contributed by atoms with van der Waals surface area (Å²) in [5.74, 6) is -1.10. The number of sulfonamides is 2. The molecular weight excluding hydrogens is 396 g/mol. The third kappa shape index (κ3) is 3.72.